The average molecular weight is 276 g/mol. The highest BCUT2D eigenvalue weighted by Gasteiger charge is 2.27. The summed E-state index contributed by atoms with van der Waals surface area (Å²) < 4.78 is 0. The van der Waals surface area contributed by atoms with Crippen molar-refractivity contribution < 1.29 is 4.79 Å². The average Bonchev–Trinajstić information content (AvgIpc) is 2.47. The highest BCUT2D eigenvalue weighted by molar-refractivity contribution is 5.92. The maximum Gasteiger partial charge on any atom is 0.227 e. The minimum atomic E-state index is 0.108. The van der Waals surface area contributed by atoms with Gasteiger partial charge in [0.25, 0.3) is 0 Å². The summed E-state index contributed by atoms with van der Waals surface area (Å²) in [6.45, 7) is 2.06. The van der Waals surface area contributed by atoms with Crippen molar-refractivity contribution in [2.45, 2.75) is 38.6 Å². The lowest BCUT2D eigenvalue weighted by Gasteiger charge is -2.29. The van der Waals surface area contributed by atoms with Crippen LogP contribution in [0, 0.1) is 11.8 Å². The largest absolute Gasteiger partial charge is 0.373 e. The first kappa shape index (κ1) is 14.8. The Morgan fingerprint density at radius 3 is 2.70 bits per heavy atom. The quantitative estimate of drug-likeness (QED) is 0.787. The number of carbonyl (C=O) groups excluding carboxylic acids is 1. The molecule has 0 saturated heterocycles. The molecule has 4 N–H and O–H groups in total. The fourth-order valence-corrected chi connectivity index (χ4v) is 2.80. The molecule has 5 heteroatoms. The molecule has 1 amide bonds. The molecular formula is C15H24N4O. The number of anilines is 2. The topological polar surface area (TPSA) is 80.0 Å². The third kappa shape index (κ3) is 3.70. The van der Waals surface area contributed by atoms with Gasteiger partial charge in [-0.3, -0.25) is 4.79 Å². The summed E-state index contributed by atoms with van der Waals surface area (Å²) in [5.74, 6) is 1.54. The summed E-state index contributed by atoms with van der Waals surface area (Å²) in [5, 5.41) is 5.94. The van der Waals surface area contributed by atoms with Crippen molar-refractivity contribution in [3.05, 3.63) is 18.3 Å². The predicted octanol–water partition coefficient (Wildman–Crippen LogP) is 2.22. The lowest BCUT2D eigenvalue weighted by molar-refractivity contribution is -0.121. The SMILES string of the molecule is CNc1cc(NC(=O)[C@H]2CC[C@H](C(C)N)CC2)ccn1. The first-order valence-corrected chi connectivity index (χ1v) is 7.30. The van der Waals surface area contributed by atoms with E-state index in [-0.39, 0.29) is 17.9 Å². The minimum absolute atomic E-state index is 0.108. The van der Waals surface area contributed by atoms with Crippen LogP contribution < -0.4 is 16.4 Å². The van der Waals surface area contributed by atoms with Crippen LogP contribution in [0.5, 0.6) is 0 Å². The van der Waals surface area contributed by atoms with E-state index < -0.39 is 0 Å². The molecular weight excluding hydrogens is 252 g/mol. The van der Waals surface area contributed by atoms with Crippen LogP contribution in [0.2, 0.25) is 0 Å². The van der Waals surface area contributed by atoms with Crippen molar-refractivity contribution in [1.29, 1.82) is 0 Å². The summed E-state index contributed by atoms with van der Waals surface area (Å²) >= 11 is 0. The van der Waals surface area contributed by atoms with Crippen molar-refractivity contribution in [1.82, 2.24) is 4.98 Å². The molecule has 0 aliphatic heterocycles. The number of nitrogens with one attached hydrogen (secondary N) is 2. The van der Waals surface area contributed by atoms with Crippen molar-refractivity contribution in [3.63, 3.8) is 0 Å². The molecule has 20 heavy (non-hydrogen) atoms. The van der Waals surface area contributed by atoms with Crippen molar-refractivity contribution >= 4 is 17.4 Å². The second-order valence-corrected chi connectivity index (χ2v) is 5.64. The molecule has 1 aliphatic rings. The van der Waals surface area contributed by atoms with Gasteiger partial charge in [0.05, 0.1) is 0 Å². The molecule has 0 bridgehead atoms. The van der Waals surface area contributed by atoms with Crippen LogP contribution in [0.4, 0.5) is 11.5 Å². The molecule has 2 rings (SSSR count). The molecule has 110 valence electrons. The van der Waals surface area contributed by atoms with Gasteiger partial charge in [-0.05, 0) is 44.6 Å². The van der Waals surface area contributed by atoms with Gasteiger partial charge in [-0.25, -0.2) is 4.98 Å². The van der Waals surface area contributed by atoms with Crippen LogP contribution in [0.1, 0.15) is 32.6 Å². The second-order valence-electron chi connectivity index (χ2n) is 5.64. The molecule has 5 nitrogen and oxygen atoms in total. The van der Waals surface area contributed by atoms with Crippen LogP contribution >= 0.6 is 0 Å². The van der Waals surface area contributed by atoms with Gasteiger partial charge in [-0.2, -0.15) is 0 Å². The first-order valence-electron chi connectivity index (χ1n) is 7.30. The summed E-state index contributed by atoms with van der Waals surface area (Å²) in [7, 11) is 1.81. The van der Waals surface area contributed by atoms with Gasteiger partial charge in [0.15, 0.2) is 0 Å². The van der Waals surface area contributed by atoms with E-state index in [1.807, 2.05) is 19.2 Å². The van der Waals surface area contributed by atoms with E-state index in [0.717, 1.165) is 37.2 Å². The number of nitrogens with two attached hydrogens (primary N) is 1. The second kappa shape index (κ2) is 6.70. The highest BCUT2D eigenvalue weighted by Crippen LogP contribution is 2.31. The monoisotopic (exact) mass is 276 g/mol. The number of nitrogens with zero attached hydrogens (tertiary/aromatic N) is 1. The van der Waals surface area contributed by atoms with E-state index in [0.29, 0.717) is 5.92 Å². The van der Waals surface area contributed by atoms with Gasteiger partial charge in [-0.1, -0.05) is 0 Å². The van der Waals surface area contributed by atoms with E-state index in [1.165, 1.54) is 0 Å². The smallest absolute Gasteiger partial charge is 0.227 e. The minimum Gasteiger partial charge on any atom is -0.373 e. The predicted molar refractivity (Wildman–Crippen MR) is 81.5 cm³/mol. The van der Waals surface area contributed by atoms with Crippen LogP contribution in [0.25, 0.3) is 0 Å². The molecule has 0 aromatic carbocycles. The van der Waals surface area contributed by atoms with Crippen LogP contribution in [0.15, 0.2) is 18.3 Å². The van der Waals surface area contributed by atoms with E-state index in [1.54, 1.807) is 6.20 Å². The third-order valence-electron chi connectivity index (χ3n) is 4.17. The molecule has 1 aromatic rings. The standard InChI is InChI=1S/C15H24N4O/c1-10(16)11-3-5-12(6-4-11)15(20)19-13-7-8-18-14(9-13)17-2/h7-12H,3-6,16H2,1-2H3,(H2,17,18,19,20)/t10?,11-,12-. The van der Waals surface area contributed by atoms with Gasteiger partial charge in [0.2, 0.25) is 5.91 Å². The van der Waals surface area contributed by atoms with Gasteiger partial charge >= 0.3 is 0 Å². The zero-order chi connectivity index (χ0) is 14.5. The zero-order valence-electron chi connectivity index (χ0n) is 12.2. The Morgan fingerprint density at radius 1 is 1.40 bits per heavy atom. The van der Waals surface area contributed by atoms with Crippen molar-refractivity contribution in [2.24, 2.45) is 17.6 Å². The number of hydrogen-bond donors (Lipinski definition) is 3. The maximum atomic E-state index is 12.3. The molecule has 0 radical (unpaired) electrons. The van der Waals surface area contributed by atoms with E-state index in [2.05, 4.69) is 22.5 Å². The van der Waals surface area contributed by atoms with Crippen molar-refractivity contribution in [3.8, 4) is 0 Å². The Labute approximate surface area is 120 Å². The number of pyridine rings is 1. The Balaban J connectivity index is 1.89. The fourth-order valence-electron chi connectivity index (χ4n) is 2.80. The summed E-state index contributed by atoms with van der Waals surface area (Å²) in [6, 6.07) is 3.88. The van der Waals surface area contributed by atoms with E-state index in [9.17, 15) is 4.79 Å². The molecule has 1 heterocycles. The number of aromatic nitrogens is 1. The Hall–Kier alpha value is -1.62. The number of hydrogen-bond acceptors (Lipinski definition) is 4. The van der Waals surface area contributed by atoms with Gasteiger partial charge in [0, 0.05) is 37.0 Å². The Bertz CT molecular complexity index is 453. The summed E-state index contributed by atoms with van der Waals surface area (Å²) in [4.78, 5) is 16.4. The van der Waals surface area contributed by atoms with Gasteiger partial charge in [-0.15, -0.1) is 0 Å². The highest BCUT2D eigenvalue weighted by atomic mass is 16.1. The Kier molecular flexibility index (Phi) is 4.95. The fraction of sp³-hybridized carbons (Fsp3) is 0.600. The molecule has 1 saturated carbocycles. The summed E-state index contributed by atoms with van der Waals surface area (Å²) in [6.07, 6.45) is 5.65. The molecule has 1 atom stereocenters. The molecule has 1 unspecified atom stereocenters. The van der Waals surface area contributed by atoms with E-state index >= 15 is 0 Å². The normalized spacial score (nSPS) is 23.9. The molecule has 1 aromatic heterocycles. The molecule has 0 spiro atoms. The van der Waals surface area contributed by atoms with Crippen molar-refractivity contribution in [2.75, 3.05) is 17.7 Å². The lowest BCUT2D eigenvalue weighted by Crippen LogP contribution is -2.33. The van der Waals surface area contributed by atoms with Crippen LogP contribution in [-0.4, -0.2) is 24.0 Å². The maximum absolute atomic E-state index is 12.3. The molecule has 1 aliphatic carbocycles. The number of carbonyl (C=O) groups is 1. The zero-order valence-corrected chi connectivity index (χ0v) is 12.2. The lowest BCUT2D eigenvalue weighted by atomic mass is 9.79. The number of rotatable bonds is 4. The summed E-state index contributed by atoms with van der Waals surface area (Å²) in [5.41, 5.74) is 6.72. The molecule has 1 fully saturated rings. The third-order valence-corrected chi connectivity index (χ3v) is 4.17. The van der Waals surface area contributed by atoms with Gasteiger partial charge < -0.3 is 16.4 Å². The Morgan fingerprint density at radius 2 is 2.10 bits per heavy atom. The first-order chi connectivity index (χ1) is 9.60. The van der Waals surface area contributed by atoms with Crippen LogP contribution in [0.3, 0.4) is 0 Å². The van der Waals surface area contributed by atoms with Gasteiger partial charge in [0.1, 0.15) is 5.82 Å². The van der Waals surface area contributed by atoms with Crippen LogP contribution in [-0.2, 0) is 4.79 Å². The van der Waals surface area contributed by atoms with E-state index in [4.69, 9.17) is 5.73 Å². The number of amides is 1.